The molecule has 2 aliphatic rings. The number of rotatable bonds is 3. The number of benzene rings is 1. The minimum Gasteiger partial charge on any atom is -0.469 e. The van der Waals surface area contributed by atoms with Crippen LogP contribution in [-0.2, 0) is 9.53 Å². The lowest BCUT2D eigenvalue weighted by molar-refractivity contribution is -0.145. The molecule has 128 valence electrons. The molecule has 8 heteroatoms. The molecule has 1 unspecified atom stereocenters. The van der Waals surface area contributed by atoms with Crippen LogP contribution in [0.1, 0.15) is 17.9 Å². The average molecular weight is 356 g/mol. The van der Waals surface area contributed by atoms with Crippen LogP contribution in [0.4, 0.5) is 8.78 Å². The summed E-state index contributed by atoms with van der Waals surface area (Å²) < 4.78 is 32.2. The van der Waals surface area contributed by atoms with Gasteiger partial charge in [0.25, 0.3) is 0 Å². The molecule has 0 amide bonds. The second-order valence-corrected chi connectivity index (χ2v) is 6.26. The third-order valence-corrected chi connectivity index (χ3v) is 4.56. The molecule has 0 spiro atoms. The summed E-state index contributed by atoms with van der Waals surface area (Å²) in [6.45, 7) is 0.687. The number of esters is 1. The van der Waals surface area contributed by atoms with E-state index in [9.17, 15) is 13.6 Å². The normalized spacial score (nSPS) is 26.4. The van der Waals surface area contributed by atoms with Gasteiger partial charge in [-0.2, -0.15) is 5.11 Å². The van der Waals surface area contributed by atoms with Gasteiger partial charge in [-0.15, -0.1) is 5.11 Å². The van der Waals surface area contributed by atoms with E-state index < -0.39 is 34.9 Å². The number of carbonyl (C=O) groups excluding carboxylic acids is 1. The average Bonchev–Trinajstić information content (AvgIpc) is 2.99. The standard InChI is InChI=1S/C16H16ClF2N3O2/c1-24-16(23)12-8-22(15-5-4-14(17)20-21-15)7-11(12)10-3-2-9(18)6-13(10)19/h2-3,5-6,11-12,14H,4,7-8H2,1H3/t11-,12+,14?/m0/s1. The predicted octanol–water partition coefficient (Wildman–Crippen LogP) is 3.42. The van der Waals surface area contributed by atoms with E-state index in [0.717, 1.165) is 6.07 Å². The number of carbonyl (C=O) groups is 1. The molecule has 0 saturated carbocycles. The monoisotopic (exact) mass is 355 g/mol. The van der Waals surface area contributed by atoms with Crippen LogP contribution in [0.2, 0.25) is 0 Å². The van der Waals surface area contributed by atoms with Crippen LogP contribution in [0.3, 0.4) is 0 Å². The van der Waals surface area contributed by atoms with Crippen LogP contribution in [0, 0.1) is 17.6 Å². The molecule has 3 atom stereocenters. The number of methoxy groups -OCH3 is 1. The molecule has 3 rings (SSSR count). The van der Waals surface area contributed by atoms with Gasteiger partial charge >= 0.3 is 5.97 Å². The smallest absolute Gasteiger partial charge is 0.311 e. The van der Waals surface area contributed by atoms with E-state index >= 15 is 0 Å². The largest absolute Gasteiger partial charge is 0.469 e. The van der Waals surface area contributed by atoms with Crippen molar-refractivity contribution >= 4 is 17.6 Å². The summed E-state index contributed by atoms with van der Waals surface area (Å²) in [5.74, 6) is -2.18. The van der Waals surface area contributed by atoms with Gasteiger partial charge in [-0.1, -0.05) is 17.7 Å². The van der Waals surface area contributed by atoms with E-state index in [-0.39, 0.29) is 5.56 Å². The Hall–Kier alpha value is -2.02. The zero-order chi connectivity index (χ0) is 17.3. The van der Waals surface area contributed by atoms with Crippen LogP contribution in [0.15, 0.2) is 40.3 Å². The Morgan fingerprint density at radius 2 is 2.17 bits per heavy atom. The first-order chi connectivity index (χ1) is 11.5. The van der Waals surface area contributed by atoms with Crippen molar-refractivity contribution in [2.45, 2.75) is 17.8 Å². The van der Waals surface area contributed by atoms with Gasteiger partial charge < -0.3 is 9.64 Å². The quantitative estimate of drug-likeness (QED) is 0.474. The fraction of sp³-hybridized carbons (Fsp3) is 0.438. The minimum absolute atomic E-state index is 0.290. The van der Waals surface area contributed by atoms with Crippen LogP contribution in [0.25, 0.3) is 0 Å². The Labute approximate surface area is 142 Å². The van der Waals surface area contributed by atoms with E-state index in [4.69, 9.17) is 16.3 Å². The molecule has 0 aromatic heterocycles. The predicted molar refractivity (Wildman–Crippen MR) is 83.4 cm³/mol. The number of azo groups is 1. The maximum absolute atomic E-state index is 14.2. The first-order valence-corrected chi connectivity index (χ1v) is 7.96. The summed E-state index contributed by atoms with van der Waals surface area (Å²) in [4.78, 5) is 14.0. The highest BCUT2D eigenvalue weighted by Crippen LogP contribution is 2.37. The number of ether oxygens (including phenoxy) is 1. The van der Waals surface area contributed by atoms with E-state index in [1.807, 2.05) is 11.0 Å². The fourth-order valence-electron chi connectivity index (χ4n) is 3.10. The lowest BCUT2D eigenvalue weighted by Crippen LogP contribution is -2.24. The van der Waals surface area contributed by atoms with Gasteiger partial charge in [0.1, 0.15) is 23.0 Å². The number of alkyl halides is 1. The van der Waals surface area contributed by atoms with Crippen molar-refractivity contribution in [2.24, 2.45) is 16.1 Å². The number of halogens is 3. The van der Waals surface area contributed by atoms with Crippen molar-refractivity contribution in [2.75, 3.05) is 20.2 Å². The summed E-state index contributed by atoms with van der Waals surface area (Å²) in [6.07, 6.45) is 2.37. The van der Waals surface area contributed by atoms with Crippen molar-refractivity contribution < 1.29 is 18.3 Å². The molecule has 1 aromatic rings. The summed E-state index contributed by atoms with van der Waals surface area (Å²) in [7, 11) is 1.29. The van der Waals surface area contributed by atoms with Gasteiger partial charge in [-0.3, -0.25) is 4.79 Å². The van der Waals surface area contributed by atoms with Gasteiger partial charge in [-0.05, 0) is 17.7 Å². The highest BCUT2D eigenvalue weighted by molar-refractivity contribution is 6.20. The first kappa shape index (κ1) is 16.8. The third-order valence-electron chi connectivity index (χ3n) is 4.29. The van der Waals surface area contributed by atoms with Crippen LogP contribution < -0.4 is 0 Å². The highest BCUT2D eigenvalue weighted by Gasteiger charge is 2.41. The molecule has 2 heterocycles. The zero-order valence-corrected chi connectivity index (χ0v) is 13.7. The van der Waals surface area contributed by atoms with E-state index in [1.54, 1.807) is 0 Å². The molecule has 0 N–H and O–H groups in total. The van der Waals surface area contributed by atoms with Gasteiger partial charge in [0, 0.05) is 31.5 Å². The van der Waals surface area contributed by atoms with Gasteiger partial charge in [0.2, 0.25) is 0 Å². The van der Waals surface area contributed by atoms with Crippen LogP contribution in [0.5, 0.6) is 0 Å². The number of likely N-dealkylation sites (tertiary alicyclic amines) is 1. The van der Waals surface area contributed by atoms with Crippen molar-refractivity contribution in [1.29, 1.82) is 0 Å². The van der Waals surface area contributed by atoms with E-state index in [0.29, 0.717) is 25.3 Å². The highest BCUT2D eigenvalue weighted by atomic mass is 35.5. The molecule has 1 aromatic carbocycles. The first-order valence-electron chi connectivity index (χ1n) is 7.52. The molecule has 5 nitrogen and oxygen atoms in total. The Bertz CT molecular complexity index is 711. The van der Waals surface area contributed by atoms with Gasteiger partial charge in [0.05, 0.1) is 13.0 Å². The second-order valence-electron chi connectivity index (χ2n) is 5.75. The Morgan fingerprint density at radius 3 is 2.79 bits per heavy atom. The molecule has 0 radical (unpaired) electrons. The lowest BCUT2D eigenvalue weighted by Gasteiger charge is -2.20. The number of hydrogen-bond donors (Lipinski definition) is 0. The summed E-state index contributed by atoms with van der Waals surface area (Å²) in [6, 6.07) is 3.39. The molecule has 0 aliphatic carbocycles. The second kappa shape index (κ2) is 6.84. The van der Waals surface area contributed by atoms with Crippen molar-refractivity contribution in [3.05, 3.63) is 47.3 Å². The Balaban J connectivity index is 1.89. The maximum atomic E-state index is 14.2. The fourth-order valence-corrected chi connectivity index (χ4v) is 3.24. The molecular weight excluding hydrogens is 340 g/mol. The lowest BCUT2D eigenvalue weighted by atomic mass is 9.88. The molecule has 0 bridgehead atoms. The molecular formula is C16H16ClF2N3O2. The number of hydrogen-bond acceptors (Lipinski definition) is 5. The van der Waals surface area contributed by atoms with Gasteiger partial charge in [0.15, 0.2) is 0 Å². The van der Waals surface area contributed by atoms with E-state index in [2.05, 4.69) is 10.2 Å². The topological polar surface area (TPSA) is 54.3 Å². The van der Waals surface area contributed by atoms with E-state index in [1.165, 1.54) is 19.2 Å². The van der Waals surface area contributed by atoms with Crippen LogP contribution >= 0.6 is 11.6 Å². The zero-order valence-electron chi connectivity index (χ0n) is 13.0. The summed E-state index contributed by atoms with van der Waals surface area (Å²) in [5, 5.41) is 7.96. The molecule has 24 heavy (non-hydrogen) atoms. The van der Waals surface area contributed by atoms with Gasteiger partial charge in [-0.25, -0.2) is 8.78 Å². The third kappa shape index (κ3) is 3.26. The maximum Gasteiger partial charge on any atom is 0.311 e. The van der Waals surface area contributed by atoms with Crippen molar-refractivity contribution in [3.63, 3.8) is 0 Å². The number of nitrogens with zero attached hydrogens (tertiary/aromatic N) is 3. The molecule has 1 saturated heterocycles. The van der Waals surface area contributed by atoms with Crippen molar-refractivity contribution in [3.8, 4) is 0 Å². The SMILES string of the molecule is COC(=O)[C@@H]1CN(C2=CCC(Cl)N=N2)C[C@H]1c1ccc(F)cc1F. The Morgan fingerprint density at radius 1 is 1.38 bits per heavy atom. The van der Waals surface area contributed by atoms with Crippen LogP contribution in [-0.4, -0.2) is 36.6 Å². The Kier molecular flexibility index (Phi) is 4.80. The molecule has 2 aliphatic heterocycles. The summed E-state index contributed by atoms with van der Waals surface area (Å²) >= 11 is 5.87. The minimum atomic E-state index is -0.671. The molecule has 1 fully saturated rings. The summed E-state index contributed by atoms with van der Waals surface area (Å²) in [5.41, 5.74) is -0.101. The van der Waals surface area contributed by atoms with Crippen molar-refractivity contribution in [1.82, 2.24) is 4.90 Å².